The van der Waals surface area contributed by atoms with Gasteiger partial charge in [-0.05, 0) is 25.8 Å². The summed E-state index contributed by atoms with van der Waals surface area (Å²) in [4.78, 5) is 14.8. The molecule has 1 aromatic carbocycles. The highest BCUT2D eigenvalue weighted by Crippen LogP contribution is 2.35. The molecule has 6 heteroatoms. The fourth-order valence-corrected chi connectivity index (χ4v) is 3.04. The van der Waals surface area contributed by atoms with Crippen LogP contribution in [0, 0.1) is 0 Å². The van der Waals surface area contributed by atoms with Crippen LogP contribution in [0.4, 0.5) is 0 Å². The molecule has 0 unspecified atom stereocenters. The van der Waals surface area contributed by atoms with Crippen molar-refractivity contribution in [2.24, 2.45) is 0 Å². The summed E-state index contributed by atoms with van der Waals surface area (Å²) in [6.45, 7) is 2.60. The number of nitrogens with zero attached hydrogens (tertiary/aromatic N) is 1. The molecule has 0 bridgehead atoms. The number of carbonyl (C=O) groups excluding carboxylic acids is 1. The van der Waals surface area contributed by atoms with Crippen molar-refractivity contribution >= 4 is 5.78 Å². The van der Waals surface area contributed by atoms with Gasteiger partial charge in [-0.3, -0.25) is 4.79 Å². The SMILES string of the molecule is COc1cc(OC)c(C(=O)CCCCN2CC[C@@H](O)C2)c(OC)c1. The lowest BCUT2D eigenvalue weighted by molar-refractivity contribution is 0.0971. The van der Waals surface area contributed by atoms with Gasteiger partial charge in [0.2, 0.25) is 0 Å². The number of likely N-dealkylation sites (tertiary alicyclic amines) is 1. The molecule has 0 aromatic heterocycles. The highest BCUT2D eigenvalue weighted by atomic mass is 16.5. The number of hydrogen-bond acceptors (Lipinski definition) is 6. The standard InChI is InChI=1S/C18H27NO5/c1-22-14-10-16(23-2)18(17(11-14)24-3)15(21)6-4-5-8-19-9-7-13(20)12-19/h10-11,13,20H,4-9,12H2,1-3H3/t13-/m1/s1. The predicted molar refractivity (Wildman–Crippen MR) is 91.3 cm³/mol. The van der Waals surface area contributed by atoms with Gasteiger partial charge in [-0.15, -0.1) is 0 Å². The summed E-state index contributed by atoms with van der Waals surface area (Å²) >= 11 is 0. The number of benzene rings is 1. The number of β-amino-alcohol motifs (C(OH)–C–C–N with tert-alkyl or cyclic N) is 1. The first-order valence-corrected chi connectivity index (χ1v) is 8.32. The molecule has 2 rings (SSSR count). The van der Waals surface area contributed by atoms with E-state index in [1.807, 2.05) is 0 Å². The maximum absolute atomic E-state index is 12.6. The van der Waals surface area contributed by atoms with Crippen molar-refractivity contribution in [3.8, 4) is 17.2 Å². The number of methoxy groups -OCH3 is 3. The number of Topliss-reactive ketones (excluding diaryl/α,β-unsaturated/α-hetero) is 1. The Morgan fingerprint density at radius 1 is 1.17 bits per heavy atom. The maximum atomic E-state index is 12.6. The molecule has 1 heterocycles. The molecule has 0 amide bonds. The summed E-state index contributed by atoms with van der Waals surface area (Å²) in [5.41, 5.74) is 0.470. The monoisotopic (exact) mass is 337 g/mol. The van der Waals surface area contributed by atoms with Crippen LogP contribution >= 0.6 is 0 Å². The normalized spacial score (nSPS) is 17.8. The minimum absolute atomic E-state index is 0.00723. The highest BCUT2D eigenvalue weighted by molar-refractivity contribution is 6.01. The Morgan fingerprint density at radius 2 is 1.83 bits per heavy atom. The minimum Gasteiger partial charge on any atom is -0.496 e. The number of aliphatic hydroxyl groups excluding tert-OH is 1. The predicted octanol–water partition coefficient (Wildman–Crippen LogP) is 2.13. The second-order valence-electron chi connectivity index (χ2n) is 6.03. The van der Waals surface area contributed by atoms with Crippen LogP contribution in [0.5, 0.6) is 17.2 Å². The smallest absolute Gasteiger partial charge is 0.170 e. The van der Waals surface area contributed by atoms with Crippen molar-refractivity contribution < 1.29 is 24.1 Å². The van der Waals surface area contributed by atoms with E-state index in [0.717, 1.165) is 38.9 Å². The molecule has 1 saturated heterocycles. The first-order valence-electron chi connectivity index (χ1n) is 8.32. The molecule has 1 atom stereocenters. The molecule has 6 nitrogen and oxygen atoms in total. The first-order chi connectivity index (χ1) is 11.6. The zero-order valence-corrected chi connectivity index (χ0v) is 14.7. The Labute approximate surface area is 143 Å². The fourth-order valence-electron chi connectivity index (χ4n) is 3.04. The van der Waals surface area contributed by atoms with Crippen molar-refractivity contribution in [1.29, 1.82) is 0 Å². The zero-order valence-electron chi connectivity index (χ0n) is 14.7. The molecule has 134 valence electrons. The molecule has 0 spiro atoms. The minimum atomic E-state index is -0.195. The van der Waals surface area contributed by atoms with Crippen molar-refractivity contribution in [3.63, 3.8) is 0 Å². The number of ketones is 1. The van der Waals surface area contributed by atoms with Crippen molar-refractivity contribution in [3.05, 3.63) is 17.7 Å². The van der Waals surface area contributed by atoms with E-state index in [0.29, 0.717) is 29.2 Å². The molecule has 0 aliphatic carbocycles. The van der Waals surface area contributed by atoms with Gasteiger partial charge >= 0.3 is 0 Å². The number of hydrogen-bond donors (Lipinski definition) is 1. The third-order valence-electron chi connectivity index (χ3n) is 4.37. The van der Waals surface area contributed by atoms with E-state index in [1.54, 1.807) is 19.2 Å². The third-order valence-corrected chi connectivity index (χ3v) is 4.37. The van der Waals surface area contributed by atoms with E-state index in [-0.39, 0.29) is 11.9 Å². The molecule has 1 fully saturated rings. The van der Waals surface area contributed by atoms with E-state index in [1.165, 1.54) is 14.2 Å². The Kier molecular flexibility index (Phi) is 6.87. The molecule has 0 radical (unpaired) electrons. The zero-order chi connectivity index (χ0) is 17.5. The lowest BCUT2D eigenvalue weighted by atomic mass is 10.0. The summed E-state index contributed by atoms with van der Waals surface area (Å²) < 4.78 is 15.9. The van der Waals surface area contributed by atoms with Crippen LogP contribution in [-0.4, -0.2) is 62.9 Å². The number of unbranched alkanes of at least 4 members (excludes halogenated alkanes) is 1. The Balaban J connectivity index is 1.93. The lowest BCUT2D eigenvalue weighted by Gasteiger charge is -2.15. The molecule has 1 N–H and O–H groups in total. The number of ether oxygens (including phenoxy) is 3. The van der Waals surface area contributed by atoms with Gasteiger partial charge in [-0.1, -0.05) is 0 Å². The Morgan fingerprint density at radius 3 is 2.33 bits per heavy atom. The van der Waals surface area contributed by atoms with Gasteiger partial charge in [-0.2, -0.15) is 0 Å². The van der Waals surface area contributed by atoms with Crippen LogP contribution in [0.3, 0.4) is 0 Å². The van der Waals surface area contributed by atoms with E-state index >= 15 is 0 Å². The summed E-state index contributed by atoms with van der Waals surface area (Å²) in [5.74, 6) is 1.54. The van der Waals surface area contributed by atoms with Gasteiger partial charge in [0.05, 0.1) is 27.4 Å². The van der Waals surface area contributed by atoms with Gasteiger partial charge < -0.3 is 24.2 Å². The topological polar surface area (TPSA) is 68.2 Å². The molecule has 1 aliphatic rings. The van der Waals surface area contributed by atoms with Gasteiger partial charge in [0, 0.05) is 31.6 Å². The quantitative estimate of drug-likeness (QED) is 0.550. The maximum Gasteiger partial charge on any atom is 0.170 e. The van der Waals surface area contributed by atoms with Crippen molar-refractivity contribution in [2.75, 3.05) is 41.0 Å². The summed E-state index contributed by atoms with van der Waals surface area (Å²) in [6.07, 6.45) is 2.82. The van der Waals surface area contributed by atoms with E-state index in [4.69, 9.17) is 14.2 Å². The number of aliphatic hydroxyl groups is 1. The van der Waals surface area contributed by atoms with Crippen molar-refractivity contribution in [1.82, 2.24) is 4.90 Å². The van der Waals surface area contributed by atoms with Gasteiger partial charge in [0.25, 0.3) is 0 Å². The molecule has 24 heavy (non-hydrogen) atoms. The molecule has 1 aromatic rings. The van der Waals surface area contributed by atoms with Crippen LogP contribution < -0.4 is 14.2 Å². The summed E-state index contributed by atoms with van der Waals surface area (Å²) in [5, 5.41) is 9.52. The first kappa shape index (κ1) is 18.5. The Hall–Kier alpha value is -1.79. The summed E-state index contributed by atoms with van der Waals surface area (Å²) in [7, 11) is 4.62. The van der Waals surface area contributed by atoms with Gasteiger partial charge in [0.1, 0.15) is 22.8 Å². The Bertz CT molecular complexity index is 535. The largest absolute Gasteiger partial charge is 0.496 e. The van der Waals surface area contributed by atoms with Gasteiger partial charge in [-0.25, -0.2) is 0 Å². The average Bonchev–Trinajstić information content (AvgIpc) is 3.02. The molecular formula is C18H27NO5. The van der Waals surface area contributed by atoms with E-state index < -0.39 is 0 Å². The molecular weight excluding hydrogens is 310 g/mol. The van der Waals surface area contributed by atoms with E-state index in [9.17, 15) is 9.90 Å². The molecule has 0 saturated carbocycles. The number of carbonyl (C=O) groups is 1. The van der Waals surface area contributed by atoms with Crippen LogP contribution in [0.1, 0.15) is 36.0 Å². The third kappa shape index (κ3) is 4.61. The van der Waals surface area contributed by atoms with Crippen LogP contribution in [-0.2, 0) is 0 Å². The van der Waals surface area contributed by atoms with Crippen molar-refractivity contribution in [2.45, 2.75) is 31.8 Å². The number of rotatable bonds is 9. The van der Waals surface area contributed by atoms with Crippen LogP contribution in [0.25, 0.3) is 0 Å². The highest BCUT2D eigenvalue weighted by Gasteiger charge is 2.21. The second-order valence-corrected chi connectivity index (χ2v) is 6.03. The van der Waals surface area contributed by atoms with Crippen LogP contribution in [0.2, 0.25) is 0 Å². The van der Waals surface area contributed by atoms with E-state index in [2.05, 4.69) is 4.90 Å². The molecule has 1 aliphatic heterocycles. The summed E-state index contributed by atoms with van der Waals surface area (Å²) in [6, 6.07) is 3.39. The van der Waals surface area contributed by atoms with Crippen LogP contribution in [0.15, 0.2) is 12.1 Å². The van der Waals surface area contributed by atoms with Gasteiger partial charge in [0.15, 0.2) is 5.78 Å². The lowest BCUT2D eigenvalue weighted by Crippen LogP contribution is -2.23. The second kappa shape index (κ2) is 8.89. The fraction of sp³-hybridized carbons (Fsp3) is 0.611. The average molecular weight is 337 g/mol.